The average molecular weight is 1030 g/mol. The first-order chi connectivity index (χ1) is 38.3. The van der Waals surface area contributed by atoms with Gasteiger partial charge >= 0.3 is 0 Å². The molecule has 4 fully saturated rings. The zero-order valence-corrected chi connectivity index (χ0v) is 47.2. The Kier molecular flexibility index (Phi) is 14.6. The van der Waals surface area contributed by atoms with Crippen molar-refractivity contribution in [1.82, 2.24) is 0 Å². The van der Waals surface area contributed by atoms with Gasteiger partial charge in [-0.05, 0) is 198 Å². The standard InChI is InChI=1S/C74H82N2O2/c1-49-23-31-57(32-24-49)75(58-33-25-50(2)26-34-58)65-43-39-63-71-61(65)41-45-69(77-67-21-13-11-19-55(67)47-53-15-7-5-8-16-53)73(71)64-40-44-66(76(59-35-27-51(3)28-36-59)60-37-29-52(4)30-38-60)62-42-46-70(74(63)72(62)64)78-68-22-14-12-20-56(68)48-54-17-9-6-10-18-54/h23-46,53-56,67-68H,5-22,47-48H2,1-4H3. The molecule has 0 saturated heterocycles. The lowest BCUT2D eigenvalue weighted by Crippen LogP contribution is -2.32. The number of rotatable bonds is 14. The van der Waals surface area contributed by atoms with Crippen LogP contribution in [0.3, 0.4) is 0 Å². The Hall–Kier alpha value is -6.52. The van der Waals surface area contributed by atoms with Crippen molar-refractivity contribution in [1.29, 1.82) is 0 Å². The van der Waals surface area contributed by atoms with Gasteiger partial charge in [-0.3, -0.25) is 0 Å². The van der Waals surface area contributed by atoms with Crippen LogP contribution >= 0.6 is 0 Å². The minimum atomic E-state index is 0.189. The summed E-state index contributed by atoms with van der Waals surface area (Å²) in [4.78, 5) is 4.97. The molecule has 0 spiro atoms. The highest BCUT2D eigenvalue weighted by Crippen LogP contribution is 2.54. The molecule has 0 aromatic heterocycles. The predicted molar refractivity (Wildman–Crippen MR) is 331 cm³/mol. The first kappa shape index (κ1) is 51.0. The second kappa shape index (κ2) is 22.3. The van der Waals surface area contributed by atoms with E-state index in [4.69, 9.17) is 9.47 Å². The van der Waals surface area contributed by atoms with Crippen LogP contribution in [0, 0.1) is 51.4 Å². The van der Waals surface area contributed by atoms with Crippen LogP contribution in [0.4, 0.5) is 34.1 Å². The molecular formula is C74H82N2O2. The van der Waals surface area contributed by atoms with E-state index in [0.717, 1.165) is 58.9 Å². The molecule has 4 heteroatoms. The molecular weight excluding hydrogens is 949 g/mol. The van der Waals surface area contributed by atoms with Crippen LogP contribution in [0.5, 0.6) is 11.5 Å². The number of benzene rings is 9. The van der Waals surface area contributed by atoms with Gasteiger partial charge in [0.15, 0.2) is 0 Å². The number of hydrogen-bond acceptors (Lipinski definition) is 4. The van der Waals surface area contributed by atoms with Crippen molar-refractivity contribution in [3.05, 3.63) is 168 Å². The Morgan fingerprint density at radius 3 is 0.962 bits per heavy atom. The van der Waals surface area contributed by atoms with Gasteiger partial charge in [0.05, 0.1) is 11.4 Å². The number of hydrogen-bond donors (Lipinski definition) is 0. The number of aryl methyl sites for hydroxylation is 4. The molecule has 0 N–H and O–H groups in total. The zero-order chi connectivity index (χ0) is 52.7. The minimum Gasteiger partial charge on any atom is -0.489 e. The number of fused-ring (bicyclic) bond motifs is 2. The molecule has 4 aliphatic rings. The second-order valence-electron chi connectivity index (χ2n) is 24.9. The first-order valence-corrected chi connectivity index (χ1v) is 30.7. The highest BCUT2D eigenvalue weighted by Gasteiger charge is 2.34. The maximum absolute atomic E-state index is 7.79. The molecule has 9 aromatic rings. The maximum atomic E-state index is 7.79. The van der Waals surface area contributed by atoms with Crippen LogP contribution in [-0.2, 0) is 0 Å². The first-order valence-electron chi connectivity index (χ1n) is 30.7. The van der Waals surface area contributed by atoms with Gasteiger partial charge in [-0.2, -0.15) is 0 Å². The Bertz CT molecular complexity index is 3170. The van der Waals surface area contributed by atoms with E-state index in [2.05, 4.69) is 183 Å². The van der Waals surface area contributed by atoms with Gasteiger partial charge in [-0.1, -0.05) is 160 Å². The molecule has 400 valence electrons. The van der Waals surface area contributed by atoms with E-state index in [1.54, 1.807) is 0 Å². The number of nitrogens with zero attached hydrogens (tertiary/aromatic N) is 2. The van der Waals surface area contributed by atoms with Crippen LogP contribution in [0.25, 0.3) is 43.1 Å². The quantitative estimate of drug-likeness (QED) is 0.0800. The highest BCUT2D eigenvalue weighted by molar-refractivity contribution is 6.37. The molecule has 0 radical (unpaired) electrons. The Labute approximate surface area is 465 Å². The van der Waals surface area contributed by atoms with Gasteiger partial charge in [-0.15, -0.1) is 0 Å². The fourth-order valence-corrected chi connectivity index (χ4v) is 15.2. The van der Waals surface area contributed by atoms with Crippen LogP contribution < -0.4 is 19.3 Å². The maximum Gasteiger partial charge on any atom is 0.128 e. The second-order valence-corrected chi connectivity index (χ2v) is 24.9. The van der Waals surface area contributed by atoms with Gasteiger partial charge in [0.1, 0.15) is 23.7 Å². The molecule has 0 amide bonds. The summed E-state index contributed by atoms with van der Waals surface area (Å²) in [6, 6.07) is 55.7. The minimum absolute atomic E-state index is 0.189. The molecule has 0 bridgehead atoms. The molecule has 0 aliphatic heterocycles. The third-order valence-corrected chi connectivity index (χ3v) is 19.4. The average Bonchev–Trinajstić information content (AvgIpc) is 3.61. The van der Waals surface area contributed by atoms with Gasteiger partial charge in [0.25, 0.3) is 0 Å². The molecule has 0 heterocycles. The van der Waals surface area contributed by atoms with E-state index in [-0.39, 0.29) is 12.2 Å². The lowest BCUT2D eigenvalue weighted by atomic mass is 9.76. The lowest BCUT2D eigenvalue weighted by Gasteiger charge is -2.36. The molecule has 4 saturated carbocycles. The summed E-state index contributed by atoms with van der Waals surface area (Å²) in [5.41, 5.74) is 11.9. The third-order valence-electron chi connectivity index (χ3n) is 19.4. The van der Waals surface area contributed by atoms with Crippen LogP contribution in [0.15, 0.2) is 146 Å². The summed E-state index contributed by atoms with van der Waals surface area (Å²) in [5, 5.41) is 9.92. The summed E-state index contributed by atoms with van der Waals surface area (Å²) in [5.74, 6) is 4.84. The third kappa shape index (κ3) is 10.1. The molecule has 4 nitrogen and oxygen atoms in total. The van der Waals surface area contributed by atoms with E-state index in [1.165, 1.54) is 192 Å². The summed E-state index contributed by atoms with van der Waals surface area (Å²) in [6.07, 6.45) is 26.7. The van der Waals surface area contributed by atoms with E-state index in [1.807, 2.05) is 0 Å². The smallest absolute Gasteiger partial charge is 0.128 e. The number of ether oxygens (including phenoxy) is 2. The predicted octanol–water partition coefficient (Wildman–Crippen LogP) is 21.7. The van der Waals surface area contributed by atoms with Crippen molar-refractivity contribution in [2.45, 2.75) is 168 Å². The lowest BCUT2D eigenvalue weighted by molar-refractivity contribution is 0.0736. The van der Waals surface area contributed by atoms with Gasteiger partial charge in [-0.25, -0.2) is 0 Å². The molecule has 4 atom stereocenters. The fraction of sp³-hybridized carbons (Fsp3) is 0.405. The van der Waals surface area contributed by atoms with Crippen LogP contribution in [-0.4, -0.2) is 12.2 Å². The molecule has 9 aromatic carbocycles. The Morgan fingerprint density at radius 2 is 0.615 bits per heavy atom. The van der Waals surface area contributed by atoms with Crippen molar-refractivity contribution in [3.63, 3.8) is 0 Å². The summed E-state index contributed by atoms with van der Waals surface area (Å²) in [7, 11) is 0. The molecule has 78 heavy (non-hydrogen) atoms. The topological polar surface area (TPSA) is 24.9 Å². The SMILES string of the molecule is Cc1ccc(N(c2ccc(C)cc2)c2ccc3c4c(OC5CCCCC5CC5CCCCC5)ccc5c(N(c6ccc(C)cc6)c6ccc(C)cc6)ccc(c6c(OC7CCCCC7CC7CCCCC7)ccc2c36)c54)cc1. The van der Waals surface area contributed by atoms with Crippen molar-refractivity contribution in [3.8, 4) is 11.5 Å². The Balaban J connectivity index is 1.08. The largest absolute Gasteiger partial charge is 0.489 e. The Morgan fingerprint density at radius 1 is 0.308 bits per heavy atom. The molecule has 4 aliphatic carbocycles. The zero-order valence-electron chi connectivity index (χ0n) is 47.2. The van der Waals surface area contributed by atoms with Gasteiger partial charge in [0.2, 0.25) is 0 Å². The van der Waals surface area contributed by atoms with Crippen molar-refractivity contribution < 1.29 is 9.47 Å². The van der Waals surface area contributed by atoms with Crippen LogP contribution in [0.1, 0.15) is 151 Å². The monoisotopic (exact) mass is 1030 g/mol. The van der Waals surface area contributed by atoms with E-state index in [0.29, 0.717) is 11.8 Å². The van der Waals surface area contributed by atoms with Crippen molar-refractivity contribution in [2.24, 2.45) is 23.7 Å². The van der Waals surface area contributed by atoms with Gasteiger partial charge in [0, 0.05) is 55.1 Å². The van der Waals surface area contributed by atoms with Crippen molar-refractivity contribution in [2.75, 3.05) is 9.80 Å². The van der Waals surface area contributed by atoms with E-state index < -0.39 is 0 Å². The summed E-state index contributed by atoms with van der Waals surface area (Å²) >= 11 is 0. The fourth-order valence-electron chi connectivity index (χ4n) is 15.2. The van der Waals surface area contributed by atoms with E-state index in [9.17, 15) is 0 Å². The van der Waals surface area contributed by atoms with E-state index >= 15 is 0 Å². The van der Waals surface area contributed by atoms with Crippen LogP contribution in [0.2, 0.25) is 0 Å². The molecule has 4 unspecified atom stereocenters. The number of anilines is 6. The van der Waals surface area contributed by atoms with Gasteiger partial charge < -0.3 is 19.3 Å². The molecule has 13 rings (SSSR count). The summed E-state index contributed by atoms with van der Waals surface area (Å²) < 4.78 is 15.6. The highest BCUT2D eigenvalue weighted by atomic mass is 16.5. The summed E-state index contributed by atoms with van der Waals surface area (Å²) in [6.45, 7) is 8.74. The normalized spacial score (nSPS) is 20.7. The van der Waals surface area contributed by atoms with Crippen molar-refractivity contribution >= 4 is 77.2 Å².